The summed E-state index contributed by atoms with van der Waals surface area (Å²) in [6.07, 6.45) is 8.67. The average molecular weight is 1920 g/mol. The van der Waals surface area contributed by atoms with Crippen molar-refractivity contribution in [3.63, 3.8) is 0 Å². The molecule has 0 aliphatic carbocycles. The van der Waals surface area contributed by atoms with Crippen molar-refractivity contribution in [3.05, 3.63) is 26.3 Å². The fourth-order valence-electron chi connectivity index (χ4n) is 10.6. The maximum Gasteiger partial charge on any atom is 0.375 e. The van der Waals surface area contributed by atoms with Crippen molar-refractivity contribution in [1.29, 1.82) is 0 Å². The molecular formula is C91H160N10O33. The van der Waals surface area contributed by atoms with Crippen molar-refractivity contribution in [2.75, 3.05) is 152 Å². The van der Waals surface area contributed by atoms with Crippen molar-refractivity contribution < 1.29 is 158 Å². The third kappa shape index (κ3) is 97.3. The third-order valence-corrected chi connectivity index (χ3v) is 17.4. The van der Waals surface area contributed by atoms with Gasteiger partial charge in [-0.2, -0.15) is 0 Å². The molecule has 0 rings (SSSR count). The molecule has 0 radical (unpaired) electrons. The molecule has 43 nitrogen and oxygen atoms in total. The van der Waals surface area contributed by atoms with Crippen LogP contribution in [0, 0.1) is 0 Å². The summed E-state index contributed by atoms with van der Waals surface area (Å²) in [5, 5.41) is 20.6. The van der Waals surface area contributed by atoms with E-state index in [2.05, 4.69) is 73.6 Å². The van der Waals surface area contributed by atoms with Crippen LogP contribution >= 0.6 is 0 Å². The van der Waals surface area contributed by atoms with Crippen LogP contribution in [0.2, 0.25) is 0 Å². The first-order valence-corrected chi connectivity index (χ1v) is 43.9. The van der Waals surface area contributed by atoms with Gasteiger partial charge in [0.1, 0.15) is 82.1 Å². The number of hydrogen-bond donors (Lipinski definition) is 10. The van der Waals surface area contributed by atoms with Gasteiger partial charge in [-0.05, 0) is 71.6 Å². The molecule has 0 saturated carbocycles. The molecule has 4 unspecified atom stereocenters. The van der Waals surface area contributed by atoms with Crippen molar-refractivity contribution in [2.24, 2.45) is 11.5 Å². The van der Waals surface area contributed by atoms with Gasteiger partial charge in [-0.15, -0.1) is 26.3 Å². The predicted molar refractivity (Wildman–Crippen MR) is 495 cm³/mol. The molecule has 0 fully saturated rings. The van der Waals surface area contributed by atoms with Gasteiger partial charge in [-0.25, -0.2) is 4.79 Å². The zero-order valence-electron chi connectivity index (χ0n) is 78.1. The summed E-state index contributed by atoms with van der Waals surface area (Å²) >= 11 is 0. The Morgan fingerprint density at radius 2 is 0.537 bits per heavy atom. The summed E-state index contributed by atoms with van der Waals surface area (Å²) in [7, 11) is 0. The Balaban J connectivity index is -0.000000320. The number of amides is 10. The molecule has 0 saturated heterocycles. The SMILES string of the molecule is C.C.C.C=C.C=C.CC(=O)NCCOCCOCC(=O)NC(CCCCCC(=O)CC(=O)COC(=O)CC(=O)CCCCCC(NC(=O)COCCOCCNC(C)=O)C(N)=O)C(C)=O.CC(=O)NCCOCCOCC(=O)NC(CCCCCC(=O)COC(=O)CCCCCC(NC(=O)COCCOCCNC(C)=O)C(N)=O)C(C)=O.CCC(=O)CCCC(=O)COC(=O)C(=O)CC. The minimum absolute atomic E-state index is 0. The first-order chi connectivity index (χ1) is 62.4. The number of Topliss-reactive ketones (excluding diaryl/α,β-unsaturated/α-hetero) is 9. The van der Waals surface area contributed by atoms with Gasteiger partial charge in [0.05, 0.1) is 97.8 Å². The van der Waals surface area contributed by atoms with Crippen LogP contribution in [0.4, 0.5) is 0 Å². The van der Waals surface area contributed by atoms with Crippen LogP contribution in [0.3, 0.4) is 0 Å². The minimum Gasteiger partial charge on any atom is -0.458 e. The number of unbranched alkanes of at least 4 members (excludes halogenated alkanes) is 8. The van der Waals surface area contributed by atoms with Crippen LogP contribution in [0.1, 0.15) is 251 Å². The standard InChI is InChI=1S/C38H63N5O15.C34H59N5O13.C12H18O5.2C2H4.3CH4/c1-27(44)33(42-35(50)25-56-20-18-54-16-14-40-28(2)45)12-8-4-6-10-30(47)22-32(49)24-58-37(52)23-31(48)11-7-5-9-13-34(38(39)53)43-36(51)26-57-21-19-55-17-15-41-29(3)46;1-25(40)29(38-31(44)23-50-20-18-48-16-14-36-26(2)41)11-7-4-6-10-28(43)22-52-33(46)13-9-5-8-12-30(34(35)47)39-32(45)24-51-21-19-49-17-15-37-27(3)42;1-3-9(13)6-5-7-10(14)8-17-12(16)11(15)4-2;2*1-2;;;/h33-34H,4-26H2,1-3H3,(H2,39,53)(H,40,45)(H,41,46)(H,42,50)(H,43,51);29-30H,4-24H2,1-3H3,(H2,35,47)(H,36,41)(H,37,42)(H,38,44)(H,39,45);3-8H2,1-2H3;2*1-2H2;3*1H4. The van der Waals surface area contributed by atoms with Gasteiger partial charge in [0.15, 0.2) is 28.9 Å². The Labute approximate surface area is 790 Å². The van der Waals surface area contributed by atoms with Gasteiger partial charge in [0.25, 0.3) is 0 Å². The van der Waals surface area contributed by atoms with Crippen molar-refractivity contribution in [1.82, 2.24) is 42.5 Å². The van der Waals surface area contributed by atoms with Crippen LogP contribution in [-0.4, -0.2) is 305 Å². The number of ketones is 9. The molecule has 0 heterocycles. The van der Waals surface area contributed by atoms with Gasteiger partial charge < -0.3 is 106 Å². The maximum atomic E-state index is 12.2. The van der Waals surface area contributed by atoms with E-state index in [1.54, 1.807) is 13.8 Å². The summed E-state index contributed by atoms with van der Waals surface area (Å²) in [6.45, 7) is 25.6. The molecule has 0 aromatic heterocycles. The Morgan fingerprint density at radius 3 is 0.851 bits per heavy atom. The summed E-state index contributed by atoms with van der Waals surface area (Å²) in [5.74, 6) is -9.08. The normalized spacial score (nSPS) is 11.0. The number of ether oxygens (including phenoxy) is 11. The first-order valence-electron chi connectivity index (χ1n) is 43.9. The average Bonchev–Trinajstić information content (AvgIpc) is 0.940. The molecule has 12 N–H and O–H groups in total. The van der Waals surface area contributed by atoms with E-state index in [9.17, 15) is 105 Å². The predicted octanol–water partition coefficient (Wildman–Crippen LogP) is 3.42. The Morgan fingerprint density at radius 1 is 0.269 bits per heavy atom. The lowest BCUT2D eigenvalue weighted by atomic mass is 10.0. The van der Waals surface area contributed by atoms with E-state index in [1.807, 2.05) is 0 Å². The molecule has 0 aromatic rings. The van der Waals surface area contributed by atoms with E-state index < -0.39 is 114 Å². The largest absolute Gasteiger partial charge is 0.458 e. The van der Waals surface area contributed by atoms with Crippen LogP contribution in [0.5, 0.6) is 0 Å². The number of nitrogens with two attached hydrogens (primary N) is 2. The number of nitrogens with one attached hydrogen (secondary N) is 8. The van der Waals surface area contributed by atoms with E-state index in [0.29, 0.717) is 162 Å². The topological polar surface area (TPSA) is 625 Å². The highest BCUT2D eigenvalue weighted by Gasteiger charge is 2.24. The van der Waals surface area contributed by atoms with E-state index >= 15 is 0 Å². The number of esters is 3. The van der Waals surface area contributed by atoms with Crippen LogP contribution in [0.25, 0.3) is 0 Å². The molecule has 0 spiro atoms. The highest BCUT2D eigenvalue weighted by Crippen LogP contribution is 2.14. The Kier molecular flexibility index (Phi) is 100. The lowest BCUT2D eigenvalue weighted by Crippen LogP contribution is -2.45. The zero-order chi connectivity index (χ0) is 99.8. The monoisotopic (exact) mass is 1920 g/mol. The number of rotatable bonds is 81. The molecule has 10 amide bonds. The molecule has 0 aliphatic rings. The molecule has 0 bridgehead atoms. The van der Waals surface area contributed by atoms with Crippen LogP contribution in [-0.2, 0) is 158 Å². The number of hydrogen-bond acceptors (Lipinski definition) is 33. The van der Waals surface area contributed by atoms with Crippen molar-refractivity contribution in [2.45, 2.75) is 275 Å². The molecule has 4 atom stereocenters. The van der Waals surface area contributed by atoms with Gasteiger partial charge in [0.2, 0.25) is 64.9 Å². The lowest BCUT2D eigenvalue weighted by molar-refractivity contribution is -0.155. The maximum absolute atomic E-state index is 12.2. The fourth-order valence-corrected chi connectivity index (χ4v) is 10.6. The Bertz CT molecular complexity index is 3210. The quantitative estimate of drug-likeness (QED) is 0.0104. The fraction of sp³-hybridized carbons (Fsp3) is 0.714. The molecule has 0 aromatic carbocycles. The molecule has 772 valence electrons. The second-order valence-corrected chi connectivity index (χ2v) is 29.0. The molecule has 43 heteroatoms. The second-order valence-electron chi connectivity index (χ2n) is 29.0. The van der Waals surface area contributed by atoms with E-state index in [4.69, 9.17) is 58.8 Å². The zero-order valence-corrected chi connectivity index (χ0v) is 78.1. The van der Waals surface area contributed by atoms with Gasteiger partial charge in [-0.3, -0.25) is 101 Å². The second kappa shape index (κ2) is 96.9. The van der Waals surface area contributed by atoms with Gasteiger partial charge in [-0.1, -0.05) is 87.5 Å². The highest BCUT2D eigenvalue weighted by atomic mass is 16.6. The van der Waals surface area contributed by atoms with E-state index in [-0.39, 0.29) is 224 Å². The Hall–Kier alpha value is -10.7. The smallest absolute Gasteiger partial charge is 0.375 e. The third-order valence-electron chi connectivity index (χ3n) is 17.4. The van der Waals surface area contributed by atoms with Crippen molar-refractivity contribution in [3.8, 4) is 0 Å². The first kappa shape index (κ1) is 139. The van der Waals surface area contributed by atoms with E-state index in [1.165, 1.54) is 41.5 Å². The summed E-state index contributed by atoms with van der Waals surface area (Å²) in [6, 6.07) is -3.17. The number of primary amides is 2. The molecular weight excluding hydrogens is 1760 g/mol. The van der Waals surface area contributed by atoms with E-state index in [0.717, 1.165) is 0 Å². The lowest BCUT2D eigenvalue weighted by Gasteiger charge is -2.16. The summed E-state index contributed by atoms with van der Waals surface area (Å²) < 4.78 is 56.4. The number of carbonyl (C=O) groups is 22. The van der Waals surface area contributed by atoms with Crippen LogP contribution in [0.15, 0.2) is 26.3 Å². The minimum atomic E-state index is -0.967. The van der Waals surface area contributed by atoms with Crippen LogP contribution < -0.4 is 54.0 Å². The highest BCUT2D eigenvalue weighted by molar-refractivity contribution is 6.33. The number of carbonyl (C=O) groups excluding carboxylic acids is 22. The van der Waals surface area contributed by atoms with Gasteiger partial charge >= 0.3 is 17.9 Å². The molecule has 134 heavy (non-hydrogen) atoms. The van der Waals surface area contributed by atoms with Crippen molar-refractivity contribution >= 4 is 129 Å². The molecule has 0 aliphatic heterocycles. The summed E-state index contributed by atoms with van der Waals surface area (Å²) in [4.78, 5) is 256. The van der Waals surface area contributed by atoms with Gasteiger partial charge in [0, 0.05) is 105 Å². The summed E-state index contributed by atoms with van der Waals surface area (Å²) in [5.41, 5.74) is 10.8.